The van der Waals surface area contributed by atoms with Gasteiger partial charge in [0.1, 0.15) is 11.9 Å². The zero-order valence-corrected chi connectivity index (χ0v) is 16.1. The van der Waals surface area contributed by atoms with Crippen LogP contribution in [0.1, 0.15) is 37.5 Å². The van der Waals surface area contributed by atoms with Crippen molar-refractivity contribution in [1.82, 2.24) is 14.3 Å². The van der Waals surface area contributed by atoms with E-state index in [4.69, 9.17) is 4.98 Å². The number of fused-ring (bicyclic) bond motifs is 3. The fourth-order valence-electron chi connectivity index (χ4n) is 3.68. The fraction of sp³-hybridized carbons (Fsp3) is 0.429. The van der Waals surface area contributed by atoms with Crippen LogP contribution in [0.4, 0.5) is 5.82 Å². The van der Waals surface area contributed by atoms with Gasteiger partial charge in [0, 0.05) is 13.1 Å². The molecule has 0 aliphatic carbocycles. The van der Waals surface area contributed by atoms with E-state index < -0.39 is 0 Å². The maximum absolute atomic E-state index is 9.73. The minimum atomic E-state index is 0.673. The highest BCUT2D eigenvalue weighted by atomic mass is 15.2. The van der Waals surface area contributed by atoms with Crippen LogP contribution in [0.3, 0.4) is 0 Å². The van der Waals surface area contributed by atoms with Crippen molar-refractivity contribution in [3.8, 4) is 6.07 Å². The Balaban J connectivity index is 2.18. The van der Waals surface area contributed by atoms with Gasteiger partial charge in [-0.15, -0.1) is 0 Å². The average molecular weight is 349 g/mol. The van der Waals surface area contributed by atoms with E-state index in [2.05, 4.69) is 47.5 Å². The van der Waals surface area contributed by atoms with Crippen LogP contribution in [0.15, 0.2) is 24.3 Å². The first kappa shape index (κ1) is 18.2. The highest BCUT2D eigenvalue weighted by Gasteiger charge is 2.19. The fourth-order valence-corrected chi connectivity index (χ4v) is 3.68. The first-order valence-electron chi connectivity index (χ1n) is 9.45. The number of likely N-dealkylation sites (N-methyl/N-ethyl adjacent to an activating group) is 1. The summed E-state index contributed by atoms with van der Waals surface area (Å²) in [5.74, 6) is 1.07. The van der Waals surface area contributed by atoms with Crippen LogP contribution in [0.2, 0.25) is 0 Å². The molecule has 0 spiro atoms. The predicted molar refractivity (Wildman–Crippen MR) is 108 cm³/mol. The summed E-state index contributed by atoms with van der Waals surface area (Å²) in [4.78, 5) is 7.15. The van der Waals surface area contributed by atoms with Crippen molar-refractivity contribution in [2.75, 3.05) is 31.5 Å². The number of rotatable bonds is 7. The van der Waals surface area contributed by atoms with Gasteiger partial charge < -0.3 is 10.2 Å². The van der Waals surface area contributed by atoms with Crippen molar-refractivity contribution >= 4 is 22.5 Å². The Kier molecular flexibility index (Phi) is 5.43. The molecule has 3 aromatic rings. The van der Waals surface area contributed by atoms with E-state index in [0.717, 1.165) is 60.7 Å². The van der Waals surface area contributed by atoms with Gasteiger partial charge in [-0.3, -0.25) is 4.40 Å². The summed E-state index contributed by atoms with van der Waals surface area (Å²) < 4.78 is 2.13. The van der Waals surface area contributed by atoms with E-state index in [-0.39, 0.29) is 0 Å². The van der Waals surface area contributed by atoms with Gasteiger partial charge in [-0.2, -0.15) is 5.26 Å². The lowest BCUT2D eigenvalue weighted by Gasteiger charge is -2.21. The predicted octanol–water partition coefficient (Wildman–Crippen LogP) is 3.98. The zero-order chi connectivity index (χ0) is 18.7. The molecule has 0 fully saturated rings. The van der Waals surface area contributed by atoms with Gasteiger partial charge in [0.2, 0.25) is 0 Å². The molecule has 5 nitrogen and oxygen atoms in total. The minimum Gasteiger partial charge on any atom is -0.370 e. The highest BCUT2D eigenvalue weighted by Crippen LogP contribution is 2.31. The Labute approximate surface area is 155 Å². The SMILES string of the molecule is CCc1c(C)c(C#N)c2nc3ccccc3n2c1NCCN(CC)CC. The molecule has 26 heavy (non-hydrogen) atoms. The summed E-state index contributed by atoms with van der Waals surface area (Å²) in [5, 5.41) is 13.4. The molecule has 0 bridgehead atoms. The van der Waals surface area contributed by atoms with E-state index >= 15 is 0 Å². The number of pyridine rings is 1. The Hall–Kier alpha value is -2.58. The van der Waals surface area contributed by atoms with Crippen LogP contribution < -0.4 is 5.32 Å². The number of anilines is 1. The van der Waals surface area contributed by atoms with Crippen molar-refractivity contribution in [3.05, 3.63) is 41.0 Å². The van der Waals surface area contributed by atoms with E-state index in [9.17, 15) is 5.26 Å². The molecular formula is C21H27N5. The maximum Gasteiger partial charge on any atom is 0.157 e. The first-order chi connectivity index (χ1) is 12.7. The first-order valence-corrected chi connectivity index (χ1v) is 9.45. The van der Waals surface area contributed by atoms with Gasteiger partial charge in [0.15, 0.2) is 5.65 Å². The lowest BCUT2D eigenvalue weighted by molar-refractivity contribution is 0.316. The maximum atomic E-state index is 9.73. The molecule has 0 atom stereocenters. The van der Waals surface area contributed by atoms with Gasteiger partial charge >= 0.3 is 0 Å². The number of aromatic nitrogens is 2. The van der Waals surface area contributed by atoms with E-state index in [1.54, 1.807) is 0 Å². The molecule has 2 heterocycles. The summed E-state index contributed by atoms with van der Waals surface area (Å²) in [5.41, 5.74) is 5.60. The second kappa shape index (κ2) is 7.76. The Morgan fingerprint density at radius 1 is 1.19 bits per heavy atom. The summed E-state index contributed by atoms with van der Waals surface area (Å²) in [6.45, 7) is 12.5. The molecule has 0 saturated carbocycles. The van der Waals surface area contributed by atoms with Crippen LogP contribution in [0, 0.1) is 18.3 Å². The molecule has 5 heteroatoms. The number of hydrogen-bond acceptors (Lipinski definition) is 4. The van der Waals surface area contributed by atoms with Crippen LogP contribution in [0.5, 0.6) is 0 Å². The second-order valence-corrected chi connectivity index (χ2v) is 6.51. The van der Waals surface area contributed by atoms with Gasteiger partial charge in [0.25, 0.3) is 0 Å². The third kappa shape index (κ3) is 3.02. The molecule has 0 unspecified atom stereocenters. The van der Waals surface area contributed by atoms with Gasteiger partial charge in [-0.25, -0.2) is 4.98 Å². The number of benzene rings is 1. The molecule has 2 aromatic heterocycles. The largest absolute Gasteiger partial charge is 0.370 e. The number of hydrogen-bond donors (Lipinski definition) is 1. The Morgan fingerprint density at radius 2 is 1.92 bits per heavy atom. The molecule has 1 aromatic carbocycles. The van der Waals surface area contributed by atoms with Crippen LogP contribution >= 0.6 is 0 Å². The van der Waals surface area contributed by atoms with Crippen molar-refractivity contribution in [1.29, 1.82) is 5.26 Å². The lowest BCUT2D eigenvalue weighted by atomic mass is 10.0. The number of nitrogens with one attached hydrogen (secondary N) is 1. The van der Waals surface area contributed by atoms with Crippen molar-refractivity contribution in [3.63, 3.8) is 0 Å². The molecule has 1 N–H and O–H groups in total. The quantitative estimate of drug-likeness (QED) is 0.701. The summed E-state index contributed by atoms with van der Waals surface area (Å²) in [6.07, 6.45) is 0.872. The van der Waals surface area contributed by atoms with Crippen LogP contribution in [0.25, 0.3) is 16.7 Å². The molecule has 0 radical (unpaired) electrons. The number of para-hydroxylation sites is 2. The normalized spacial score (nSPS) is 11.4. The van der Waals surface area contributed by atoms with E-state index in [0.29, 0.717) is 5.56 Å². The monoisotopic (exact) mass is 349 g/mol. The van der Waals surface area contributed by atoms with Gasteiger partial charge in [-0.05, 0) is 49.7 Å². The Morgan fingerprint density at radius 3 is 2.58 bits per heavy atom. The molecule has 3 rings (SSSR count). The molecule has 0 aliphatic heterocycles. The highest BCUT2D eigenvalue weighted by molar-refractivity contribution is 5.86. The van der Waals surface area contributed by atoms with E-state index in [1.807, 2.05) is 25.1 Å². The number of nitriles is 1. The number of nitrogens with zero attached hydrogens (tertiary/aromatic N) is 4. The number of imidazole rings is 1. The summed E-state index contributed by atoms with van der Waals surface area (Å²) in [7, 11) is 0. The molecule has 136 valence electrons. The molecule has 0 amide bonds. The van der Waals surface area contributed by atoms with E-state index in [1.165, 1.54) is 5.56 Å². The zero-order valence-electron chi connectivity index (χ0n) is 16.1. The topological polar surface area (TPSA) is 56.4 Å². The molecule has 0 aliphatic rings. The smallest absolute Gasteiger partial charge is 0.157 e. The standard InChI is InChI=1S/C21H27N5/c1-5-16-15(4)17(14-22)21-24-18-10-8-9-11-19(18)26(21)20(16)23-12-13-25(6-2)7-3/h8-11,23H,5-7,12-13H2,1-4H3. The third-order valence-corrected chi connectivity index (χ3v) is 5.20. The third-order valence-electron chi connectivity index (χ3n) is 5.20. The minimum absolute atomic E-state index is 0.673. The van der Waals surface area contributed by atoms with Crippen molar-refractivity contribution < 1.29 is 0 Å². The summed E-state index contributed by atoms with van der Waals surface area (Å²) in [6, 6.07) is 10.5. The average Bonchev–Trinajstić information content (AvgIpc) is 3.04. The second-order valence-electron chi connectivity index (χ2n) is 6.51. The summed E-state index contributed by atoms with van der Waals surface area (Å²) >= 11 is 0. The van der Waals surface area contributed by atoms with Crippen LogP contribution in [-0.4, -0.2) is 40.5 Å². The molecule has 0 saturated heterocycles. The van der Waals surface area contributed by atoms with Gasteiger partial charge in [0.05, 0.1) is 16.6 Å². The van der Waals surface area contributed by atoms with Crippen LogP contribution in [-0.2, 0) is 6.42 Å². The molecular weight excluding hydrogens is 322 g/mol. The van der Waals surface area contributed by atoms with Crippen molar-refractivity contribution in [2.45, 2.75) is 34.1 Å². The van der Waals surface area contributed by atoms with Gasteiger partial charge in [-0.1, -0.05) is 32.9 Å². The lowest BCUT2D eigenvalue weighted by Crippen LogP contribution is -2.29. The Bertz CT molecular complexity index is 960. The van der Waals surface area contributed by atoms with Crippen molar-refractivity contribution in [2.24, 2.45) is 0 Å².